The first-order valence-electron chi connectivity index (χ1n) is 8.76. The van der Waals surface area contributed by atoms with E-state index in [2.05, 4.69) is 14.9 Å². The average molecular weight is 349 g/mol. The maximum absolute atomic E-state index is 12.5. The fourth-order valence-corrected chi connectivity index (χ4v) is 3.45. The number of hydrogen-bond acceptors (Lipinski definition) is 6. The monoisotopic (exact) mass is 349 g/mol. The molecule has 1 aromatic carbocycles. The largest absolute Gasteiger partial charge is 0.480 e. The van der Waals surface area contributed by atoms with Crippen molar-refractivity contribution in [3.63, 3.8) is 0 Å². The van der Waals surface area contributed by atoms with E-state index in [0.717, 1.165) is 31.5 Å². The number of fused-ring (bicyclic) bond motifs is 1. The molecule has 1 aromatic heterocycles. The Labute approximate surface area is 151 Å². The lowest BCUT2D eigenvalue weighted by Gasteiger charge is -2.32. The standard InChI is InChI=1S/C20H19N3O3/c1-26-20-16-17(21-19(22-20)13-8-4-2-5-9-13)14(12-15(24)18(16)25)23-10-6-3-7-11-23/h2,4-5,8-9,12H,3,6-7,10-11H2,1H3. The van der Waals surface area contributed by atoms with Crippen molar-refractivity contribution in [2.75, 3.05) is 20.2 Å². The molecule has 0 spiro atoms. The Kier molecular flexibility index (Phi) is 4.24. The third kappa shape index (κ3) is 2.77. The number of Topliss-reactive ketones (excluding diaryl/α,β-unsaturated/α-hetero) is 1. The second-order valence-corrected chi connectivity index (χ2v) is 6.42. The summed E-state index contributed by atoms with van der Waals surface area (Å²) in [5, 5.41) is 0. The van der Waals surface area contributed by atoms with Crippen molar-refractivity contribution < 1.29 is 14.3 Å². The average Bonchev–Trinajstić information content (AvgIpc) is 2.71. The van der Waals surface area contributed by atoms with Crippen LogP contribution in [0.1, 0.15) is 35.3 Å². The molecule has 6 heteroatoms. The van der Waals surface area contributed by atoms with Crippen LogP contribution in [0.4, 0.5) is 0 Å². The molecule has 2 aromatic rings. The van der Waals surface area contributed by atoms with Crippen LogP contribution < -0.4 is 4.74 Å². The minimum Gasteiger partial charge on any atom is -0.480 e. The molecule has 0 unspecified atom stereocenters. The Morgan fingerprint density at radius 1 is 1.00 bits per heavy atom. The SMILES string of the molecule is COc1nc(-c2ccccc2)nc2c1C(=O)C(=O)C=C2N1CCCCC1. The van der Waals surface area contributed by atoms with Crippen LogP contribution in [0, 0.1) is 0 Å². The van der Waals surface area contributed by atoms with E-state index in [1.54, 1.807) is 0 Å². The fraction of sp³-hybridized carbons (Fsp3) is 0.300. The first kappa shape index (κ1) is 16.4. The number of nitrogens with zero attached hydrogens (tertiary/aromatic N) is 3. The predicted octanol–water partition coefficient (Wildman–Crippen LogP) is 2.74. The Balaban J connectivity index is 1.90. The molecule has 1 fully saturated rings. The van der Waals surface area contributed by atoms with Gasteiger partial charge in [0.1, 0.15) is 11.3 Å². The summed E-state index contributed by atoms with van der Waals surface area (Å²) in [5.74, 6) is -0.536. The number of piperidine rings is 1. The predicted molar refractivity (Wildman–Crippen MR) is 96.8 cm³/mol. The molecule has 1 saturated heterocycles. The minimum atomic E-state index is -0.614. The van der Waals surface area contributed by atoms with Gasteiger partial charge in [-0.3, -0.25) is 9.59 Å². The molecular formula is C20H19N3O3. The molecule has 1 aliphatic heterocycles. The Morgan fingerprint density at radius 2 is 1.73 bits per heavy atom. The van der Waals surface area contributed by atoms with Crippen molar-refractivity contribution in [2.24, 2.45) is 0 Å². The lowest BCUT2D eigenvalue weighted by Crippen LogP contribution is -2.33. The van der Waals surface area contributed by atoms with Gasteiger partial charge in [-0.25, -0.2) is 4.98 Å². The van der Waals surface area contributed by atoms with Crippen LogP contribution in [0.5, 0.6) is 5.88 Å². The smallest absolute Gasteiger partial charge is 0.240 e. The molecular weight excluding hydrogens is 330 g/mol. The van der Waals surface area contributed by atoms with E-state index in [9.17, 15) is 9.59 Å². The fourth-order valence-electron chi connectivity index (χ4n) is 3.45. The first-order valence-corrected chi connectivity index (χ1v) is 8.76. The van der Waals surface area contributed by atoms with Gasteiger partial charge in [0, 0.05) is 24.7 Å². The molecule has 0 N–H and O–H groups in total. The zero-order valence-corrected chi connectivity index (χ0v) is 14.6. The second-order valence-electron chi connectivity index (χ2n) is 6.42. The molecule has 2 heterocycles. The molecule has 132 valence electrons. The van der Waals surface area contributed by atoms with E-state index < -0.39 is 11.6 Å². The van der Waals surface area contributed by atoms with Gasteiger partial charge in [-0.15, -0.1) is 0 Å². The van der Waals surface area contributed by atoms with Crippen LogP contribution >= 0.6 is 0 Å². The van der Waals surface area contributed by atoms with Gasteiger partial charge in [0.05, 0.1) is 12.8 Å². The zero-order chi connectivity index (χ0) is 18.1. The number of likely N-dealkylation sites (tertiary alicyclic amines) is 1. The van der Waals surface area contributed by atoms with Crippen LogP contribution in [0.3, 0.4) is 0 Å². The molecule has 0 bridgehead atoms. The number of aromatic nitrogens is 2. The van der Waals surface area contributed by atoms with Crippen LogP contribution in [0.25, 0.3) is 17.1 Å². The molecule has 0 radical (unpaired) electrons. The zero-order valence-electron chi connectivity index (χ0n) is 14.6. The Bertz CT molecular complexity index is 900. The van der Waals surface area contributed by atoms with E-state index in [4.69, 9.17) is 4.74 Å². The first-order chi connectivity index (χ1) is 12.7. The van der Waals surface area contributed by atoms with Crippen LogP contribution in [-0.4, -0.2) is 46.6 Å². The topological polar surface area (TPSA) is 72.4 Å². The summed E-state index contributed by atoms with van der Waals surface area (Å²) in [6.45, 7) is 1.69. The number of benzene rings is 1. The highest BCUT2D eigenvalue weighted by molar-refractivity contribution is 6.50. The van der Waals surface area contributed by atoms with E-state index in [1.807, 2.05) is 30.3 Å². The number of carbonyl (C=O) groups is 2. The molecule has 0 saturated carbocycles. The summed E-state index contributed by atoms with van der Waals surface area (Å²) in [6.07, 6.45) is 4.70. The van der Waals surface area contributed by atoms with E-state index in [-0.39, 0.29) is 11.4 Å². The highest BCUT2D eigenvalue weighted by Gasteiger charge is 2.34. The van der Waals surface area contributed by atoms with E-state index in [1.165, 1.54) is 19.6 Å². The van der Waals surface area contributed by atoms with E-state index >= 15 is 0 Å². The number of ketones is 2. The van der Waals surface area contributed by atoms with Gasteiger partial charge < -0.3 is 9.64 Å². The van der Waals surface area contributed by atoms with E-state index in [0.29, 0.717) is 17.2 Å². The Hall–Kier alpha value is -3.02. The number of carbonyl (C=O) groups excluding carboxylic acids is 2. The van der Waals surface area contributed by atoms with Gasteiger partial charge in [0.25, 0.3) is 0 Å². The molecule has 4 rings (SSSR count). The number of rotatable bonds is 3. The van der Waals surface area contributed by atoms with Gasteiger partial charge in [-0.1, -0.05) is 30.3 Å². The molecule has 1 aliphatic carbocycles. The highest BCUT2D eigenvalue weighted by Crippen LogP contribution is 2.34. The maximum Gasteiger partial charge on any atom is 0.240 e. The van der Waals surface area contributed by atoms with Crippen molar-refractivity contribution in [1.29, 1.82) is 0 Å². The van der Waals surface area contributed by atoms with Gasteiger partial charge in [-0.05, 0) is 19.3 Å². The number of allylic oxidation sites excluding steroid dienone is 1. The second kappa shape index (κ2) is 6.71. The lowest BCUT2D eigenvalue weighted by atomic mass is 9.95. The van der Waals surface area contributed by atoms with Crippen molar-refractivity contribution >= 4 is 17.3 Å². The molecule has 6 nitrogen and oxygen atoms in total. The summed E-state index contributed by atoms with van der Waals surface area (Å²) < 4.78 is 5.36. The quantitative estimate of drug-likeness (QED) is 0.794. The third-order valence-corrected chi connectivity index (χ3v) is 4.76. The summed E-state index contributed by atoms with van der Waals surface area (Å²) in [7, 11) is 1.45. The summed E-state index contributed by atoms with van der Waals surface area (Å²) in [4.78, 5) is 35.9. The number of hydrogen-bond donors (Lipinski definition) is 0. The maximum atomic E-state index is 12.5. The number of ether oxygens (including phenoxy) is 1. The minimum absolute atomic E-state index is 0.148. The summed E-state index contributed by atoms with van der Waals surface area (Å²) in [5.41, 5.74) is 2.18. The van der Waals surface area contributed by atoms with Gasteiger partial charge >= 0.3 is 0 Å². The normalized spacial score (nSPS) is 17.0. The van der Waals surface area contributed by atoms with Crippen LogP contribution in [0.15, 0.2) is 36.4 Å². The molecule has 0 amide bonds. The molecule has 26 heavy (non-hydrogen) atoms. The van der Waals surface area contributed by atoms with Crippen molar-refractivity contribution in [2.45, 2.75) is 19.3 Å². The lowest BCUT2D eigenvalue weighted by molar-refractivity contribution is -0.111. The highest BCUT2D eigenvalue weighted by atomic mass is 16.5. The summed E-state index contributed by atoms with van der Waals surface area (Å²) >= 11 is 0. The van der Waals surface area contributed by atoms with Crippen molar-refractivity contribution in [3.8, 4) is 17.3 Å². The summed E-state index contributed by atoms with van der Waals surface area (Å²) in [6, 6.07) is 9.53. The molecule has 2 aliphatic rings. The molecule has 0 atom stereocenters. The number of methoxy groups -OCH3 is 1. The van der Waals surface area contributed by atoms with Gasteiger partial charge in [-0.2, -0.15) is 4.98 Å². The van der Waals surface area contributed by atoms with Crippen molar-refractivity contribution in [3.05, 3.63) is 47.7 Å². The van der Waals surface area contributed by atoms with Crippen LogP contribution in [-0.2, 0) is 4.79 Å². The third-order valence-electron chi connectivity index (χ3n) is 4.76. The van der Waals surface area contributed by atoms with Gasteiger partial charge in [0.15, 0.2) is 5.82 Å². The van der Waals surface area contributed by atoms with Crippen LogP contribution in [0.2, 0.25) is 0 Å². The Morgan fingerprint density at radius 3 is 2.42 bits per heavy atom. The van der Waals surface area contributed by atoms with Gasteiger partial charge in [0.2, 0.25) is 17.4 Å². The van der Waals surface area contributed by atoms with Crippen molar-refractivity contribution in [1.82, 2.24) is 14.9 Å².